The number of rotatable bonds is 9. The summed E-state index contributed by atoms with van der Waals surface area (Å²) in [6.45, 7) is 9.48. The van der Waals surface area contributed by atoms with Crippen LogP contribution in [0, 0.1) is 10.1 Å². The highest BCUT2D eigenvalue weighted by molar-refractivity contribution is 5.86. The predicted molar refractivity (Wildman–Crippen MR) is 113 cm³/mol. The van der Waals surface area contributed by atoms with Crippen LogP contribution in [-0.2, 0) is 11.2 Å². The number of non-ortho nitro benzene ring substituents is 1. The van der Waals surface area contributed by atoms with Gasteiger partial charge in [-0.1, -0.05) is 12.1 Å². The van der Waals surface area contributed by atoms with Crippen molar-refractivity contribution < 1.29 is 9.72 Å². The smallest absolute Gasteiger partial charge is 0.269 e. The zero-order chi connectivity index (χ0) is 21.2. The number of nitro groups is 1. The average Bonchev–Trinajstić information content (AvgIpc) is 2.59. The maximum atomic E-state index is 12.1. The van der Waals surface area contributed by atoms with E-state index in [2.05, 4.69) is 15.6 Å². The zero-order valence-corrected chi connectivity index (χ0v) is 17.6. The van der Waals surface area contributed by atoms with Gasteiger partial charge >= 0.3 is 0 Å². The Kier molecular flexibility index (Phi) is 9.41. The third-order valence-corrected chi connectivity index (χ3v) is 3.87. The largest absolute Gasteiger partial charge is 0.357 e. The summed E-state index contributed by atoms with van der Waals surface area (Å²) in [4.78, 5) is 28.8. The molecule has 0 spiro atoms. The van der Waals surface area contributed by atoms with Gasteiger partial charge in [-0.25, -0.2) is 0 Å². The van der Waals surface area contributed by atoms with Crippen LogP contribution in [0.2, 0.25) is 0 Å². The minimum Gasteiger partial charge on any atom is -0.357 e. The molecule has 0 fully saturated rings. The molecular weight excluding hydrogens is 358 g/mol. The van der Waals surface area contributed by atoms with E-state index in [0.717, 1.165) is 31.4 Å². The van der Waals surface area contributed by atoms with Gasteiger partial charge in [-0.05, 0) is 52.5 Å². The standard InChI is InChI=1S/C20H33N5O3/c1-6-21-19(24(5)15-18(26)23-20(2,3)4)22-14-8-7-9-16-10-12-17(13-11-16)25(27)28/h10-13H,6-9,14-15H2,1-5H3,(H,21,22)(H,23,26). The lowest BCUT2D eigenvalue weighted by molar-refractivity contribution is -0.384. The number of likely N-dealkylation sites (N-methyl/N-ethyl adjacent to an activating group) is 1. The molecule has 1 aromatic rings. The van der Waals surface area contributed by atoms with Crippen LogP contribution in [0.3, 0.4) is 0 Å². The van der Waals surface area contributed by atoms with E-state index in [9.17, 15) is 14.9 Å². The van der Waals surface area contributed by atoms with E-state index in [-0.39, 0.29) is 28.6 Å². The summed E-state index contributed by atoms with van der Waals surface area (Å²) < 4.78 is 0. The number of carbonyl (C=O) groups excluding carboxylic acids is 1. The van der Waals surface area contributed by atoms with Gasteiger partial charge in [0, 0.05) is 37.8 Å². The number of guanidine groups is 1. The minimum atomic E-state index is -0.390. The molecular formula is C20H33N5O3. The van der Waals surface area contributed by atoms with Crippen LogP contribution < -0.4 is 10.6 Å². The molecule has 0 saturated heterocycles. The first kappa shape index (κ1) is 23.4. The molecule has 0 aliphatic heterocycles. The number of carbonyl (C=O) groups is 1. The molecule has 1 aromatic carbocycles. The fourth-order valence-electron chi connectivity index (χ4n) is 2.63. The number of nitrogens with zero attached hydrogens (tertiary/aromatic N) is 3. The number of unbranched alkanes of at least 4 members (excludes halogenated alkanes) is 1. The Balaban J connectivity index is 2.46. The van der Waals surface area contributed by atoms with E-state index in [1.165, 1.54) is 12.1 Å². The SMILES string of the molecule is CCNC(=NCCCCc1ccc([N+](=O)[O-])cc1)N(C)CC(=O)NC(C)(C)C. The van der Waals surface area contributed by atoms with E-state index in [1.807, 2.05) is 39.6 Å². The molecule has 1 amide bonds. The summed E-state index contributed by atoms with van der Waals surface area (Å²) >= 11 is 0. The second kappa shape index (κ2) is 11.3. The molecule has 8 heteroatoms. The lowest BCUT2D eigenvalue weighted by Crippen LogP contribution is -2.48. The van der Waals surface area contributed by atoms with E-state index < -0.39 is 0 Å². The molecule has 8 nitrogen and oxygen atoms in total. The average molecular weight is 392 g/mol. The van der Waals surface area contributed by atoms with Crippen molar-refractivity contribution in [3.05, 3.63) is 39.9 Å². The first-order chi connectivity index (χ1) is 13.1. The molecule has 1 rings (SSSR count). The lowest BCUT2D eigenvalue weighted by Gasteiger charge is -2.25. The fraction of sp³-hybridized carbons (Fsp3) is 0.600. The van der Waals surface area contributed by atoms with Crippen molar-refractivity contribution in [2.24, 2.45) is 4.99 Å². The van der Waals surface area contributed by atoms with Gasteiger partial charge in [0.15, 0.2) is 5.96 Å². The van der Waals surface area contributed by atoms with Crippen molar-refractivity contribution in [3.63, 3.8) is 0 Å². The van der Waals surface area contributed by atoms with Crippen molar-refractivity contribution in [2.75, 3.05) is 26.7 Å². The summed E-state index contributed by atoms with van der Waals surface area (Å²) in [6.07, 6.45) is 2.69. The lowest BCUT2D eigenvalue weighted by atomic mass is 10.1. The molecule has 0 radical (unpaired) electrons. The van der Waals surface area contributed by atoms with Crippen LogP contribution in [0.5, 0.6) is 0 Å². The maximum Gasteiger partial charge on any atom is 0.269 e. The van der Waals surface area contributed by atoms with Crippen LogP contribution >= 0.6 is 0 Å². The Labute approximate surface area is 167 Å². The van der Waals surface area contributed by atoms with Gasteiger partial charge in [-0.15, -0.1) is 0 Å². The van der Waals surface area contributed by atoms with E-state index in [1.54, 1.807) is 12.1 Å². The summed E-state index contributed by atoms with van der Waals surface area (Å²) in [5.74, 6) is 0.667. The number of aryl methyl sites for hydroxylation is 1. The third kappa shape index (κ3) is 9.34. The highest BCUT2D eigenvalue weighted by Crippen LogP contribution is 2.13. The molecule has 0 saturated carbocycles. The summed E-state index contributed by atoms with van der Waals surface area (Å²) in [7, 11) is 1.85. The fourth-order valence-corrected chi connectivity index (χ4v) is 2.63. The zero-order valence-electron chi connectivity index (χ0n) is 17.6. The monoisotopic (exact) mass is 391 g/mol. The first-order valence-electron chi connectivity index (χ1n) is 9.66. The van der Waals surface area contributed by atoms with Crippen molar-refractivity contribution in [1.82, 2.24) is 15.5 Å². The number of hydrogen-bond donors (Lipinski definition) is 2. The summed E-state index contributed by atoms with van der Waals surface area (Å²) in [6, 6.07) is 6.67. The Morgan fingerprint density at radius 3 is 2.39 bits per heavy atom. The van der Waals surface area contributed by atoms with Crippen LogP contribution in [0.15, 0.2) is 29.3 Å². The highest BCUT2D eigenvalue weighted by Gasteiger charge is 2.16. The van der Waals surface area contributed by atoms with E-state index in [0.29, 0.717) is 12.5 Å². The van der Waals surface area contributed by atoms with Crippen LogP contribution in [0.1, 0.15) is 46.1 Å². The van der Waals surface area contributed by atoms with E-state index >= 15 is 0 Å². The summed E-state index contributed by atoms with van der Waals surface area (Å²) in [5.41, 5.74) is 0.935. The van der Waals surface area contributed by atoms with Gasteiger partial charge < -0.3 is 15.5 Å². The molecule has 0 aliphatic rings. The molecule has 156 valence electrons. The number of benzene rings is 1. The number of hydrogen-bond acceptors (Lipinski definition) is 4. The third-order valence-electron chi connectivity index (χ3n) is 3.87. The Morgan fingerprint density at radius 1 is 1.21 bits per heavy atom. The normalized spacial score (nSPS) is 11.8. The number of aliphatic imine (C=N–C) groups is 1. The summed E-state index contributed by atoms with van der Waals surface area (Å²) in [5, 5.41) is 16.8. The molecule has 0 unspecified atom stereocenters. The van der Waals surface area contributed by atoms with Gasteiger partial charge in [-0.2, -0.15) is 0 Å². The quantitative estimate of drug-likeness (QED) is 0.222. The van der Waals surface area contributed by atoms with Crippen molar-refractivity contribution in [3.8, 4) is 0 Å². The molecule has 28 heavy (non-hydrogen) atoms. The molecule has 0 atom stereocenters. The van der Waals surface area contributed by atoms with Crippen LogP contribution in [0.4, 0.5) is 5.69 Å². The number of nitro benzene ring substituents is 1. The predicted octanol–water partition coefficient (Wildman–Crippen LogP) is 2.73. The number of nitrogens with one attached hydrogen (secondary N) is 2. The molecule has 0 heterocycles. The van der Waals surface area contributed by atoms with Crippen molar-refractivity contribution >= 4 is 17.6 Å². The Hall–Kier alpha value is -2.64. The highest BCUT2D eigenvalue weighted by atomic mass is 16.6. The van der Waals surface area contributed by atoms with Gasteiger partial charge in [0.1, 0.15) is 0 Å². The Morgan fingerprint density at radius 2 is 1.86 bits per heavy atom. The molecule has 0 bridgehead atoms. The van der Waals surface area contributed by atoms with Gasteiger partial charge in [-0.3, -0.25) is 19.9 Å². The second-order valence-electron chi connectivity index (χ2n) is 7.77. The van der Waals surface area contributed by atoms with Gasteiger partial charge in [0.05, 0.1) is 11.5 Å². The van der Waals surface area contributed by atoms with Crippen LogP contribution in [0.25, 0.3) is 0 Å². The maximum absolute atomic E-state index is 12.1. The number of amides is 1. The minimum absolute atomic E-state index is 0.0428. The van der Waals surface area contributed by atoms with Gasteiger partial charge in [0.2, 0.25) is 5.91 Å². The molecule has 2 N–H and O–H groups in total. The van der Waals surface area contributed by atoms with Gasteiger partial charge in [0.25, 0.3) is 5.69 Å². The second-order valence-corrected chi connectivity index (χ2v) is 7.77. The topological polar surface area (TPSA) is 99.9 Å². The first-order valence-corrected chi connectivity index (χ1v) is 9.66. The molecule has 0 aromatic heterocycles. The van der Waals surface area contributed by atoms with Crippen molar-refractivity contribution in [1.29, 1.82) is 0 Å². The van der Waals surface area contributed by atoms with Crippen molar-refractivity contribution in [2.45, 2.75) is 52.5 Å². The molecule has 0 aliphatic carbocycles. The Bertz CT molecular complexity index is 665. The van der Waals surface area contributed by atoms with Crippen LogP contribution in [-0.4, -0.2) is 53.9 Å². The van der Waals surface area contributed by atoms with E-state index in [4.69, 9.17) is 0 Å².